The maximum atomic E-state index is 15.8. The number of pyridine rings is 1. The van der Waals surface area contributed by atoms with Crippen LogP contribution in [-0.2, 0) is 27.0 Å². The molecule has 0 spiro atoms. The SMILES string of the molecule is Cc1cc(-c2c(C)cc(Cl)cc2C)cc([C@H](CC(=O)O)NC(=O)[C@H](CC(C)C)NC(=O)c2ccc(C(F)(F)F)n(CCN3CCCOCC3)c2=O)c1F. The third kappa shape index (κ3) is 10.7. The number of hydrogen-bond acceptors (Lipinski definition) is 6. The van der Waals surface area contributed by atoms with E-state index < -0.39 is 65.1 Å². The molecule has 2 aromatic carbocycles. The van der Waals surface area contributed by atoms with Gasteiger partial charge in [0.15, 0.2) is 0 Å². The highest BCUT2D eigenvalue weighted by Crippen LogP contribution is 2.35. The molecule has 15 heteroatoms. The average Bonchev–Trinajstić information content (AvgIpc) is 3.32. The number of halogens is 5. The normalized spacial score (nSPS) is 15.2. The van der Waals surface area contributed by atoms with Crippen molar-refractivity contribution in [2.45, 2.75) is 78.7 Å². The Morgan fingerprint density at radius 1 is 0.962 bits per heavy atom. The fourth-order valence-corrected chi connectivity index (χ4v) is 7.00. The van der Waals surface area contributed by atoms with Crippen molar-refractivity contribution >= 4 is 29.4 Å². The minimum atomic E-state index is -4.88. The van der Waals surface area contributed by atoms with E-state index >= 15 is 4.39 Å². The lowest BCUT2D eigenvalue weighted by Gasteiger charge is -2.26. The predicted octanol–water partition coefficient (Wildman–Crippen LogP) is 6.45. The van der Waals surface area contributed by atoms with E-state index in [0.717, 1.165) is 22.8 Å². The second kappa shape index (κ2) is 17.7. The number of carbonyl (C=O) groups is 3. The van der Waals surface area contributed by atoms with Crippen molar-refractivity contribution in [1.82, 2.24) is 20.1 Å². The lowest BCUT2D eigenvalue weighted by Crippen LogP contribution is -2.50. The first kappa shape index (κ1) is 41.5. The number of ether oxygens (including phenoxy) is 1. The van der Waals surface area contributed by atoms with Crippen LogP contribution in [0.4, 0.5) is 17.6 Å². The first-order chi connectivity index (χ1) is 24.9. The van der Waals surface area contributed by atoms with Crippen LogP contribution in [0.3, 0.4) is 0 Å². The first-order valence-corrected chi connectivity index (χ1v) is 17.8. The molecule has 10 nitrogen and oxygen atoms in total. The summed E-state index contributed by atoms with van der Waals surface area (Å²) in [6.07, 6.45) is -4.91. The first-order valence-electron chi connectivity index (χ1n) is 17.4. The summed E-state index contributed by atoms with van der Waals surface area (Å²) in [5.41, 5.74) is 0.0143. The number of aromatic nitrogens is 1. The molecule has 0 radical (unpaired) electrons. The molecule has 1 fully saturated rings. The van der Waals surface area contributed by atoms with Crippen LogP contribution in [0.1, 0.15) is 77.5 Å². The standard InChI is InChI=1S/C38H45ClF4N4O6/c1-21(2)15-30(45-35(50)27-7-8-31(38(41,42)43)47(37(27)52)11-10-46-9-6-13-53-14-12-46)36(51)44-29(20-32(48)49)28-19-25(16-24(5)34(28)40)33-22(3)17-26(39)18-23(33)4/h7-8,16-19,21,29-30H,6,9-15,20H2,1-5H3,(H,44,51)(H,45,50)(H,48,49)/t29-,30-/m0/s1. The van der Waals surface area contributed by atoms with Crippen LogP contribution in [-0.4, -0.2) is 71.2 Å². The Bertz CT molecular complexity index is 1870. The van der Waals surface area contributed by atoms with Gasteiger partial charge in [0.2, 0.25) is 5.91 Å². The summed E-state index contributed by atoms with van der Waals surface area (Å²) in [5, 5.41) is 15.4. The van der Waals surface area contributed by atoms with E-state index in [0.29, 0.717) is 53.9 Å². The van der Waals surface area contributed by atoms with E-state index in [-0.39, 0.29) is 36.6 Å². The van der Waals surface area contributed by atoms with Gasteiger partial charge in [-0.05, 0) is 104 Å². The number of hydrogen-bond donors (Lipinski definition) is 3. The van der Waals surface area contributed by atoms with Gasteiger partial charge in [-0.15, -0.1) is 0 Å². The zero-order chi connectivity index (χ0) is 39.2. The molecule has 2 amide bonds. The summed E-state index contributed by atoms with van der Waals surface area (Å²) in [5.74, 6) is -4.24. The Hall–Kier alpha value is -4.27. The average molecular weight is 765 g/mol. The van der Waals surface area contributed by atoms with Crippen molar-refractivity contribution in [1.29, 1.82) is 0 Å². The smallest absolute Gasteiger partial charge is 0.431 e. The molecule has 0 saturated carbocycles. The van der Waals surface area contributed by atoms with E-state index in [1.165, 1.54) is 13.0 Å². The Balaban J connectivity index is 1.66. The molecule has 0 unspecified atom stereocenters. The Morgan fingerprint density at radius 2 is 1.64 bits per heavy atom. The topological polar surface area (TPSA) is 130 Å². The fraction of sp³-hybridized carbons (Fsp3) is 0.474. The molecule has 288 valence electrons. The van der Waals surface area contributed by atoms with Gasteiger partial charge >= 0.3 is 12.1 Å². The van der Waals surface area contributed by atoms with Crippen LogP contribution >= 0.6 is 11.6 Å². The maximum absolute atomic E-state index is 15.8. The lowest BCUT2D eigenvalue weighted by molar-refractivity contribution is -0.144. The summed E-state index contributed by atoms with van der Waals surface area (Å²) in [6, 6.07) is 5.26. The van der Waals surface area contributed by atoms with Crippen LogP contribution < -0.4 is 16.2 Å². The second-order valence-corrected chi connectivity index (χ2v) is 14.3. The number of aryl methyl sites for hydroxylation is 3. The zero-order valence-electron chi connectivity index (χ0n) is 30.3. The zero-order valence-corrected chi connectivity index (χ0v) is 31.1. The van der Waals surface area contributed by atoms with Gasteiger partial charge in [-0.25, -0.2) is 4.39 Å². The van der Waals surface area contributed by atoms with Crippen molar-refractivity contribution < 1.29 is 41.8 Å². The van der Waals surface area contributed by atoms with Crippen molar-refractivity contribution in [3.8, 4) is 11.1 Å². The number of carboxylic acid groups (broad SMARTS) is 1. The monoisotopic (exact) mass is 764 g/mol. The molecule has 2 heterocycles. The maximum Gasteiger partial charge on any atom is 0.431 e. The summed E-state index contributed by atoms with van der Waals surface area (Å²) < 4.78 is 63.7. The number of aliphatic carboxylic acids is 1. The number of carbonyl (C=O) groups excluding carboxylic acids is 2. The Morgan fingerprint density at radius 3 is 2.26 bits per heavy atom. The third-order valence-electron chi connectivity index (χ3n) is 9.13. The van der Waals surface area contributed by atoms with E-state index in [1.54, 1.807) is 32.0 Å². The number of nitrogens with zero attached hydrogens (tertiary/aromatic N) is 2. The molecule has 1 aliphatic rings. The van der Waals surface area contributed by atoms with E-state index in [9.17, 15) is 37.5 Å². The van der Waals surface area contributed by atoms with Crippen LogP contribution in [0.25, 0.3) is 11.1 Å². The highest BCUT2D eigenvalue weighted by molar-refractivity contribution is 6.30. The molecule has 4 rings (SSSR count). The van der Waals surface area contributed by atoms with Crippen LogP contribution in [0.5, 0.6) is 0 Å². The van der Waals surface area contributed by atoms with Gasteiger partial charge in [-0.2, -0.15) is 13.2 Å². The minimum Gasteiger partial charge on any atom is -0.481 e. The molecule has 53 heavy (non-hydrogen) atoms. The van der Waals surface area contributed by atoms with Crippen molar-refractivity contribution in [3.63, 3.8) is 0 Å². The predicted molar refractivity (Wildman–Crippen MR) is 192 cm³/mol. The molecule has 3 aromatic rings. The van der Waals surface area contributed by atoms with Gasteiger partial charge in [0.25, 0.3) is 11.5 Å². The van der Waals surface area contributed by atoms with Crippen LogP contribution in [0, 0.1) is 32.5 Å². The minimum absolute atomic E-state index is 0.00787. The van der Waals surface area contributed by atoms with Crippen LogP contribution in [0.15, 0.2) is 41.2 Å². The van der Waals surface area contributed by atoms with Crippen molar-refractivity contribution in [2.24, 2.45) is 5.92 Å². The molecular weight excluding hydrogens is 720 g/mol. The summed E-state index contributed by atoms with van der Waals surface area (Å²) in [4.78, 5) is 54.8. The van der Waals surface area contributed by atoms with Gasteiger partial charge < -0.3 is 25.0 Å². The molecule has 1 aromatic heterocycles. The van der Waals surface area contributed by atoms with Crippen LogP contribution in [0.2, 0.25) is 5.02 Å². The number of benzene rings is 2. The largest absolute Gasteiger partial charge is 0.481 e. The Kier molecular flexibility index (Phi) is 13.9. The van der Waals surface area contributed by atoms with Gasteiger partial charge in [-0.3, -0.25) is 24.1 Å². The summed E-state index contributed by atoms with van der Waals surface area (Å²) >= 11 is 6.22. The number of carboxylic acids is 1. The van der Waals surface area contributed by atoms with E-state index in [4.69, 9.17) is 16.3 Å². The third-order valence-corrected chi connectivity index (χ3v) is 9.35. The van der Waals surface area contributed by atoms with Gasteiger partial charge in [0.05, 0.1) is 19.1 Å². The molecule has 1 saturated heterocycles. The fourth-order valence-electron chi connectivity index (χ4n) is 6.67. The number of alkyl halides is 3. The molecule has 3 N–H and O–H groups in total. The van der Waals surface area contributed by atoms with E-state index in [1.807, 2.05) is 18.7 Å². The number of nitrogens with one attached hydrogen (secondary N) is 2. The molecule has 2 atom stereocenters. The molecule has 0 aliphatic carbocycles. The Labute approximate surface area is 310 Å². The molecule has 0 bridgehead atoms. The molecular formula is C38H45ClF4N4O6. The van der Waals surface area contributed by atoms with E-state index in [2.05, 4.69) is 10.6 Å². The molecule has 1 aliphatic heterocycles. The van der Waals surface area contributed by atoms with Gasteiger partial charge in [0.1, 0.15) is 23.1 Å². The van der Waals surface area contributed by atoms with Crippen molar-refractivity contribution in [2.75, 3.05) is 32.8 Å². The lowest BCUT2D eigenvalue weighted by atomic mass is 9.90. The van der Waals surface area contributed by atoms with Gasteiger partial charge in [-0.1, -0.05) is 25.4 Å². The van der Waals surface area contributed by atoms with Gasteiger partial charge in [0, 0.05) is 43.4 Å². The summed E-state index contributed by atoms with van der Waals surface area (Å²) in [7, 11) is 0. The number of amides is 2. The number of rotatable bonds is 13. The highest BCUT2D eigenvalue weighted by atomic mass is 35.5. The summed E-state index contributed by atoms with van der Waals surface area (Å²) in [6.45, 7) is 10.4. The second-order valence-electron chi connectivity index (χ2n) is 13.8. The quantitative estimate of drug-likeness (QED) is 0.171. The van der Waals surface area contributed by atoms with Crippen molar-refractivity contribution in [3.05, 3.63) is 91.1 Å². The highest BCUT2D eigenvalue weighted by Gasteiger charge is 2.36.